The first-order valence-corrected chi connectivity index (χ1v) is 9.14. The number of carbonyl (C=O) groups excluding carboxylic acids is 2. The highest BCUT2D eigenvalue weighted by Gasteiger charge is 2.19. The Morgan fingerprint density at radius 3 is 2.11 bits per heavy atom. The maximum atomic E-state index is 12.5. The predicted octanol–water partition coefficient (Wildman–Crippen LogP) is 4.32. The zero-order valence-electron chi connectivity index (χ0n) is 16.6. The van der Waals surface area contributed by atoms with Crippen LogP contribution in [0.15, 0.2) is 48.5 Å². The van der Waals surface area contributed by atoms with Crippen LogP contribution in [-0.4, -0.2) is 23.5 Å². The van der Waals surface area contributed by atoms with Crippen LogP contribution < -0.4 is 15.4 Å². The largest absolute Gasteiger partial charge is 0.481 e. The van der Waals surface area contributed by atoms with Crippen molar-refractivity contribution in [2.24, 2.45) is 0 Å². The number of amides is 2. The van der Waals surface area contributed by atoms with Gasteiger partial charge in [-0.3, -0.25) is 9.59 Å². The fourth-order valence-corrected chi connectivity index (χ4v) is 2.44. The minimum Gasteiger partial charge on any atom is -0.481 e. The first-order valence-electron chi connectivity index (χ1n) is 9.14. The second kappa shape index (κ2) is 8.71. The predicted molar refractivity (Wildman–Crippen MR) is 108 cm³/mol. The number of hydrogen-bond donors (Lipinski definition) is 2. The van der Waals surface area contributed by atoms with Crippen molar-refractivity contribution in [3.63, 3.8) is 0 Å². The Bertz CT molecular complexity index is 775. The number of aryl methyl sites for hydroxylation is 1. The standard InChI is InChI=1S/C22H28N2O3/c1-6-19(27-18-13-7-15(2)8-14-18)21(26)23-17-11-9-16(10-12-17)20(25)24-22(3,4)5/h7-14,19H,6H2,1-5H3,(H,23,26)(H,24,25). The van der Waals surface area contributed by atoms with Crippen molar-refractivity contribution in [2.45, 2.75) is 52.7 Å². The van der Waals surface area contributed by atoms with E-state index in [1.165, 1.54) is 0 Å². The van der Waals surface area contributed by atoms with Gasteiger partial charge in [0, 0.05) is 16.8 Å². The van der Waals surface area contributed by atoms with Crippen LogP contribution in [0.2, 0.25) is 0 Å². The number of nitrogens with one attached hydrogen (secondary N) is 2. The molecule has 0 saturated carbocycles. The van der Waals surface area contributed by atoms with Gasteiger partial charge in [0.25, 0.3) is 11.8 Å². The summed E-state index contributed by atoms with van der Waals surface area (Å²) in [5, 5.41) is 5.75. The van der Waals surface area contributed by atoms with Crippen LogP contribution in [0, 0.1) is 6.92 Å². The molecule has 2 N–H and O–H groups in total. The van der Waals surface area contributed by atoms with Gasteiger partial charge >= 0.3 is 0 Å². The number of benzene rings is 2. The lowest BCUT2D eigenvalue weighted by Gasteiger charge is -2.20. The Labute approximate surface area is 161 Å². The summed E-state index contributed by atoms with van der Waals surface area (Å²) in [5.41, 5.74) is 2.01. The van der Waals surface area contributed by atoms with Crippen LogP contribution in [0.25, 0.3) is 0 Å². The molecule has 0 heterocycles. The molecular weight excluding hydrogens is 340 g/mol. The normalized spacial score (nSPS) is 12.2. The Hall–Kier alpha value is -2.82. The molecule has 144 valence electrons. The molecule has 0 aliphatic heterocycles. The summed E-state index contributed by atoms with van der Waals surface area (Å²) in [7, 11) is 0. The zero-order chi connectivity index (χ0) is 20.0. The number of ether oxygens (including phenoxy) is 1. The Kier molecular flexibility index (Phi) is 6.61. The van der Waals surface area contributed by atoms with Crippen molar-refractivity contribution in [1.82, 2.24) is 5.32 Å². The van der Waals surface area contributed by atoms with E-state index in [-0.39, 0.29) is 17.4 Å². The van der Waals surface area contributed by atoms with Crippen LogP contribution in [0.4, 0.5) is 5.69 Å². The third-order valence-corrected chi connectivity index (χ3v) is 3.87. The first-order chi connectivity index (χ1) is 12.7. The molecule has 2 aromatic rings. The second-order valence-corrected chi connectivity index (χ2v) is 7.60. The lowest BCUT2D eigenvalue weighted by molar-refractivity contribution is -0.122. The molecule has 1 atom stereocenters. The molecule has 0 fully saturated rings. The van der Waals surface area contributed by atoms with E-state index in [0.717, 1.165) is 5.56 Å². The molecule has 2 aromatic carbocycles. The molecule has 0 spiro atoms. The minimum atomic E-state index is -0.587. The topological polar surface area (TPSA) is 67.4 Å². The summed E-state index contributed by atoms with van der Waals surface area (Å²) in [4.78, 5) is 24.7. The molecule has 0 radical (unpaired) electrons. The molecule has 0 aromatic heterocycles. The summed E-state index contributed by atoms with van der Waals surface area (Å²) < 4.78 is 5.79. The van der Waals surface area contributed by atoms with Gasteiger partial charge < -0.3 is 15.4 Å². The fraction of sp³-hybridized carbons (Fsp3) is 0.364. The maximum absolute atomic E-state index is 12.5. The molecule has 0 aliphatic carbocycles. The van der Waals surface area contributed by atoms with E-state index < -0.39 is 6.10 Å². The average Bonchev–Trinajstić information content (AvgIpc) is 2.60. The fourth-order valence-electron chi connectivity index (χ4n) is 2.44. The van der Waals surface area contributed by atoms with Gasteiger partial charge in [-0.05, 0) is 70.5 Å². The average molecular weight is 368 g/mol. The molecule has 0 aliphatic rings. The van der Waals surface area contributed by atoms with Gasteiger partial charge in [0.05, 0.1) is 0 Å². The van der Waals surface area contributed by atoms with Crippen molar-refractivity contribution in [2.75, 3.05) is 5.32 Å². The van der Waals surface area contributed by atoms with E-state index in [0.29, 0.717) is 23.4 Å². The van der Waals surface area contributed by atoms with Crippen LogP contribution >= 0.6 is 0 Å². The monoisotopic (exact) mass is 368 g/mol. The molecule has 0 saturated heterocycles. The molecule has 5 heteroatoms. The molecule has 2 rings (SSSR count). The zero-order valence-corrected chi connectivity index (χ0v) is 16.6. The van der Waals surface area contributed by atoms with Gasteiger partial charge in [0.15, 0.2) is 6.10 Å². The Morgan fingerprint density at radius 1 is 1.00 bits per heavy atom. The Morgan fingerprint density at radius 2 is 1.59 bits per heavy atom. The van der Waals surface area contributed by atoms with Crippen molar-refractivity contribution >= 4 is 17.5 Å². The van der Waals surface area contributed by atoms with Gasteiger partial charge in [-0.1, -0.05) is 24.6 Å². The van der Waals surface area contributed by atoms with E-state index >= 15 is 0 Å². The second-order valence-electron chi connectivity index (χ2n) is 7.60. The van der Waals surface area contributed by atoms with Gasteiger partial charge in [-0.25, -0.2) is 0 Å². The minimum absolute atomic E-state index is 0.144. The highest BCUT2D eigenvalue weighted by molar-refractivity contribution is 5.97. The lowest BCUT2D eigenvalue weighted by atomic mass is 10.1. The van der Waals surface area contributed by atoms with E-state index in [9.17, 15) is 9.59 Å². The van der Waals surface area contributed by atoms with Crippen molar-refractivity contribution < 1.29 is 14.3 Å². The van der Waals surface area contributed by atoms with Crippen LogP contribution in [0.3, 0.4) is 0 Å². The third kappa shape index (κ3) is 6.44. The van der Waals surface area contributed by atoms with Gasteiger partial charge in [-0.15, -0.1) is 0 Å². The molecule has 1 unspecified atom stereocenters. The summed E-state index contributed by atoms with van der Waals surface area (Å²) in [6, 6.07) is 14.4. The number of hydrogen-bond acceptors (Lipinski definition) is 3. The van der Waals surface area contributed by atoms with E-state index in [2.05, 4.69) is 10.6 Å². The van der Waals surface area contributed by atoms with Crippen molar-refractivity contribution in [3.05, 3.63) is 59.7 Å². The quantitative estimate of drug-likeness (QED) is 0.798. The van der Waals surface area contributed by atoms with Crippen LogP contribution in [0.5, 0.6) is 5.75 Å². The van der Waals surface area contributed by atoms with E-state index in [1.807, 2.05) is 58.9 Å². The third-order valence-electron chi connectivity index (χ3n) is 3.87. The Balaban J connectivity index is 1.99. The van der Waals surface area contributed by atoms with Gasteiger partial charge in [-0.2, -0.15) is 0 Å². The first kappa shape index (κ1) is 20.5. The summed E-state index contributed by atoms with van der Waals surface area (Å²) in [5.74, 6) is 0.302. The molecule has 0 bridgehead atoms. The smallest absolute Gasteiger partial charge is 0.265 e. The highest BCUT2D eigenvalue weighted by Crippen LogP contribution is 2.17. The molecule has 5 nitrogen and oxygen atoms in total. The lowest BCUT2D eigenvalue weighted by Crippen LogP contribution is -2.40. The molecule has 2 amide bonds. The maximum Gasteiger partial charge on any atom is 0.265 e. The number of rotatable bonds is 6. The van der Waals surface area contributed by atoms with Crippen molar-refractivity contribution in [3.8, 4) is 5.75 Å². The summed E-state index contributed by atoms with van der Waals surface area (Å²) >= 11 is 0. The molecule has 27 heavy (non-hydrogen) atoms. The van der Waals surface area contributed by atoms with Crippen LogP contribution in [0.1, 0.15) is 50.0 Å². The van der Waals surface area contributed by atoms with Gasteiger partial charge in [0.1, 0.15) is 5.75 Å². The van der Waals surface area contributed by atoms with Gasteiger partial charge in [0.2, 0.25) is 0 Å². The molecular formula is C22H28N2O3. The van der Waals surface area contributed by atoms with Crippen LogP contribution in [-0.2, 0) is 4.79 Å². The highest BCUT2D eigenvalue weighted by atomic mass is 16.5. The summed E-state index contributed by atoms with van der Waals surface area (Å²) in [6.07, 6.45) is -0.0391. The number of carbonyl (C=O) groups is 2. The number of anilines is 1. The SMILES string of the molecule is CCC(Oc1ccc(C)cc1)C(=O)Nc1ccc(C(=O)NC(C)(C)C)cc1. The van der Waals surface area contributed by atoms with E-state index in [4.69, 9.17) is 4.74 Å². The summed E-state index contributed by atoms with van der Waals surface area (Å²) in [6.45, 7) is 9.69. The van der Waals surface area contributed by atoms with Crippen molar-refractivity contribution in [1.29, 1.82) is 0 Å². The van der Waals surface area contributed by atoms with E-state index in [1.54, 1.807) is 24.3 Å².